The first-order valence-corrected chi connectivity index (χ1v) is 9.35. The summed E-state index contributed by atoms with van der Waals surface area (Å²) in [7, 11) is 0. The molecule has 146 valence electrons. The van der Waals surface area contributed by atoms with Crippen LogP contribution in [0.3, 0.4) is 0 Å². The molecule has 0 saturated heterocycles. The predicted octanol–water partition coefficient (Wildman–Crippen LogP) is 3.46. The average molecular weight is 393 g/mol. The number of rotatable bonds is 3. The summed E-state index contributed by atoms with van der Waals surface area (Å²) in [5, 5.41) is 0. The Hall–Kier alpha value is -3.48. The average Bonchev–Trinajstić information content (AvgIpc) is 3.31. The lowest BCUT2D eigenvalue weighted by Gasteiger charge is -2.17. The molecule has 0 unspecified atom stereocenters. The maximum atomic E-state index is 13.9. The molecule has 0 fully saturated rings. The fourth-order valence-corrected chi connectivity index (χ4v) is 4.06. The van der Waals surface area contributed by atoms with Gasteiger partial charge in [-0.05, 0) is 29.3 Å². The largest absolute Gasteiger partial charge is 0.334 e. The van der Waals surface area contributed by atoms with Crippen LogP contribution < -0.4 is 5.56 Å². The van der Waals surface area contributed by atoms with E-state index in [0.29, 0.717) is 24.1 Å². The van der Waals surface area contributed by atoms with Gasteiger partial charge in [0.25, 0.3) is 5.56 Å². The topological polar surface area (TPSA) is 46.7 Å². The summed E-state index contributed by atoms with van der Waals surface area (Å²) >= 11 is 0. The van der Waals surface area contributed by atoms with E-state index in [4.69, 9.17) is 0 Å². The Morgan fingerprint density at radius 3 is 2.31 bits per heavy atom. The molecule has 7 heteroatoms. The summed E-state index contributed by atoms with van der Waals surface area (Å²) in [5.41, 5.74) is 2.78. The summed E-state index contributed by atoms with van der Waals surface area (Å²) in [6.45, 7) is 1.18. The molecule has 0 aliphatic carbocycles. The van der Waals surface area contributed by atoms with E-state index in [1.165, 1.54) is 33.4 Å². The first-order valence-electron chi connectivity index (χ1n) is 9.35. The van der Waals surface area contributed by atoms with E-state index in [0.717, 1.165) is 17.2 Å². The van der Waals surface area contributed by atoms with Crippen molar-refractivity contribution in [3.63, 3.8) is 0 Å². The predicted molar refractivity (Wildman–Crippen MR) is 104 cm³/mol. The van der Waals surface area contributed by atoms with Gasteiger partial charge in [-0.25, -0.2) is 8.78 Å². The monoisotopic (exact) mass is 393 g/mol. The molecule has 0 N–H and O–H groups in total. The molecular weight excluding hydrogens is 376 g/mol. The Morgan fingerprint density at radius 2 is 1.59 bits per heavy atom. The second-order valence-corrected chi connectivity index (χ2v) is 7.27. The van der Waals surface area contributed by atoms with Crippen LogP contribution in [0.25, 0.3) is 16.6 Å². The van der Waals surface area contributed by atoms with Crippen LogP contribution in [-0.2, 0) is 24.4 Å². The van der Waals surface area contributed by atoms with E-state index in [-0.39, 0.29) is 24.4 Å². The number of aromatic nitrogens is 2. The van der Waals surface area contributed by atoms with Crippen LogP contribution in [0.1, 0.15) is 17.5 Å². The minimum Gasteiger partial charge on any atom is -0.334 e. The van der Waals surface area contributed by atoms with E-state index in [2.05, 4.69) is 0 Å². The maximum Gasteiger partial charge on any atom is 0.275 e. The van der Waals surface area contributed by atoms with Crippen LogP contribution in [0.2, 0.25) is 0 Å². The number of benzene rings is 2. The van der Waals surface area contributed by atoms with Crippen molar-refractivity contribution < 1.29 is 13.6 Å². The Kier molecular flexibility index (Phi) is 3.97. The molecule has 29 heavy (non-hydrogen) atoms. The zero-order valence-corrected chi connectivity index (χ0v) is 15.4. The van der Waals surface area contributed by atoms with Gasteiger partial charge in [-0.3, -0.25) is 9.59 Å². The third-order valence-electron chi connectivity index (χ3n) is 5.48. The van der Waals surface area contributed by atoms with Crippen molar-refractivity contribution in [3.8, 4) is 0 Å². The molecule has 4 aromatic rings. The van der Waals surface area contributed by atoms with Gasteiger partial charge in [0.15, 0.2) is 0 Å². The highest BCUT2D eigenvalue weighted by molar-refractivity contribution is 5.80. The number of nitrogens with zero attached hydrogens (tertiary/aromatic N) is 3. The van der Waals surface area contributed by atoms with E-state index in [1.54, 1.807) is 4.90 Å². The Morgan fingerprint density at radius 1 is 0.897 bits per heavy atom. The van der Waals surface area contributed by atoms with Crippen LogP contribution >= 0.6 is 0 Å². The molecule has 0 bridgehead atoms. The number of carbonyl (C=O) groups excluding carboxylic acids is 1. The minimum absolute atomic E-state index is 0.0842. The normalized spacial score (nSPS) is 13.4. The molecule has 0 atom stereocenters. The Bertz CT molecular complexity index is 1310. The highest BCUT2D eigenvalue weighted by atomic mass is 19.1. The lowest BCUT2D eigenvalue weighted by Crippen LogP contribution is -2.29. The van der Waals surface area contributed by atoms with E-state index < -0.39 is 17.2 Å². The number of halogens is 2. The smallest absolute Gasteiger partial charge is 0.275 e. The molecule has 2 aromatic carbocycles. The van der Waals surface area contributed by atoms with Crippen molar-refractivity contribution in [1.82, 2.24) is 13.9 Å². The van der Waals surface area contributed by atoms with Crippen molar-refractivity contribution in [2.24, 2.45) is 0 Å². The molecule has 0 spiro atoms. The third kappa shape index (κ3) is 2.90. The quantitative estimate of drug-likeness (QED) is 0.535. The van der Waals surface area contributed by atoms with Crippen LogP contribution in [0.5, 0.6) is 0 Å². The molecule has 1 amide bonds. The molecule has 3 heterocycles. The van der Waals surface area contributed by atoms with Crippen molar-refractivity contribution in [1.29, 1.82) is 0 Å². The molecule has 5 rings (SSSR count). The molecular formula is C22H17F2N3O2. The maximum absolute atomic E-state index is 13.9. The van der Waals surface area contributed by atoms with Gasteiger partial charge in [-0.2, -0.15) is 0 Å². The number of carbonyl (C=O) groups is 1. The van der Waals surface area contributed by atoms with E-state index in [9.17, 15) is 18.4 Å². The molecule has 0 radical (unpaired) electrons. The van der Waals surface area contributed by atoms with Crippen LogP contribution in [0.15, 0.2) is 59.5 Å². The standard InChI is InChI=1S/C22H17F2N3O2/c23-16-5-6-18-19(9-16)26(22(29)20-10-17(24)13-27(18)20)8-7-21(28)25-11-14-3-1-2-4-15(14)12-25/h1-6,9-10,13H,7-8,11-12H2. The second kappa shape index (κ2) is 6.55. The number of amides is 1. The second-order valence-electron chi connectivity index (χ2n) is 7.27. The van der Waals surface area contributed by atoms with Gasteiger partial charge in [0.1, 0.15) is 17.2 Å². The Balaban J connectivity index is 1.48. The zero-order valence-electron chi connectivity index (χ0n) is 15.4. The fourth-order valence-electron chi connectivity index (χ4n) is 4.06. The van der Waals surface area contributed by atoms with Gasteiger partial charge in [0.2, 0.25) is 5.91 Å². The lowest BCUT2D eigenvalue weighted by atomic mass is 10.1. The molecule has 2 aromatic heterocycles. The summed E-state index contributed by atoms with van der Waals surface area (Å²) < 4.78 is 30.4. The highest BCUT2D eigenvalue weighted by Gasteiger charge is 2.23. The van der Waals surface area contributed by atoms with Gasteiger partial charge >= 0.3 is 0 Å². The van der Waals surface area contributed by atoms with Crippen molar-refractivity contribution in [2.75, 3.05) is 0 Å². The molecule has 0 saturated carbocycles. The van der Waals surface area contributed by atoms with Gasteiger partial charge in [0.05, 0.1) is 11.0 Å². The number of aryl methyl sites for hydroxylation is 1. The van der Waals surface area contributed by atoms with Gasteiger partial charge < -0.3 is 13.9 Å². The Labute approximate surface area is 164 Å². The summed E-state index contributed by atoms with van der Waals surface area (Å²) in [4.78, 5) is 27.4. The molecule has 1 aliphatic heterocycles. The fraction of sp³-hybridized carbons (Fsp3) is 0.182. The zero-order chi connectivity index (χ0) is 20.1. The van der Waals surface area contributed by atoms with Gasteiger partial charge in [0, 0.05) is 38.3 Å². The molecule has 1 aliphatic rings. The van der Waals surface area contributed by atoms with Crippen LogP contribution in [-0.4, -0.2) is 19.8 Å². The van der Waals surface area contributed by atoms with E-state index >= 15 is 0 Å². The van der Waals surface area contributed by atoms with E-state index in [1.807, 2.05) is 24.3 Å². The van der Waals surface area contributed by atoms with Crippen molar-refractivity contribution in [3.05, 3.63) is 87.8 Å². The first-order chi connectivity index (χ1) is 14.0. The minimum atomic E-state index is -0.545. The van der Waals surface area contributed by atoms with Gasteiger partial charge in [-0.15, -0.1) is 0 Å². The summed E-state index contributed by atoms with van der Waals surface area (Å²) in [5.74, 6) is -1.13. The third-order valence-corrected chi connectivity index (χ3v) is 5.48. The summed E-state index contributed by atoms with van der Waals surface area (Å²) in [6.07, 6.45) is 1.30. The van der Waals surface area contributed by atoms with Gasteiger partial charge in [-0.1, -0.05) is 24.3 Å². The van der Waals surface area contributed by atoms with Crippen LogP contribution in [0.4, 0.5) is 8.78 Å². The SMILES string of the molecule is O=C(CCn1c(=O)c2cc(F)cn2c2ccc(F)cc21)N1Cc2ccccc2C1. The number of hydrogen-bond acceptors (Lipinski definition) is 2. The number of fused-ring (bicyclic) bond motifs is 4. The molecule has 5 nitrogen and oxygen atoms in total. The van der Waals surface area contributed by atoms with Crippen molar-refractivity contribution in [2.45, 2.75) is 26.1 Å². The summed E-state index contributed by atoms with van der Waals surface area (Å²) in [6, 6.07) is 13.0. The highest BCUT2D eigenvalue weighted by Crippen LogP contribution is 2.23. The van der Waals surface area contributed by atoms with Crippen molar-refractivity contribution >= 4 is 22.5 Å². The first kappa shape index (κ1) is 17.6. The number of hydrogen-bond donors (Lipinski definition) is 0. The van der Waals surface area contributed by atoms with Crippen LogP contribution in [0, 0.1) is 11.6 Å². The lowest BCUT2D eigenvalue weighted by molar-refractivity contribution is -0.132.